The van der Waals surface area contributed by atoms with Crippen molar-refractivity contribution in [2.45, 2.75) is 84.6 Å². The molecule has 0 aliphatic heterocycles. The van der Waals surface area contributed by atoms with Crippen LogP contribution in [-0.2, 0) is 8.85 Å². The Morgan fingerprint density at radius 3 is 1.53 bits per heavy atom. The molecule has 3 heteroatoms. The zero-order valence-electron chi connectivity index (χ0n) is 12.8. The first-order valence-corrected chi connectivity index (χ1v) is 8.90. The summed E-state index contributed by atoms with van der Waals surface area (Å²) < 4.78 is 12.8. The van der Waals surface area contributed by atoms with Gasteiger partial charge in [-0.15, -0.1) is 0 Å². The average molecular weight is 258 g/mol. The van der Waals surface area contributed by atoms with Crippen LogP contribution in [0.2, 0.25) is 10.6 Å². The van der Waals surface area contributed by atoms with Gasteiger partial charge in [-0.1, -0.05) is 27.7 Å². The highest BCUT2D eigenvalue weighted by Crippen LogP contribution is 2.68. The van der Waals surface area contributed by atoms with E-state index in [0.717, 1.165) is 5.92 Å². The fourth-order valence-electron chi connectivity index (χ4n) is 2.99. The van der Waals surface area contributed by atoms with Crippen LogP contribution in [0.15, 0.2) is 0 Å². The third-order valence-corrected chi connectivity index (χ3v) is 9.49. The van der Waals surface area contributed by atoms with Gasteiger partial charge in [0.15, 0.2) is 0 Å². The number of hydrogen-bond donors (Lipinski definition) is 0. The standard InChI is InChI=1S/C14H30O2Si/c1-10(2)15-17(12(5)6,16-11(3)4)14(8)9-13(14)7/h10-13H,9H2,1-8H3. The lowest BCUT2D eigenvalue weighted by Gasteiger charge is -2.42. The van der Waals surface area contributed by atoms with Gasteiger partial charge in [0.25, 0.3) is 0 Å². The van der Waals surface area contributed by atoms with Gasteiger partial charge in [-0.2, -0.15) is 0 Å². The second-order valence-corrected chi connectivity index (χ2v) is 10.8. The molecule has 0 aromatic heterocycles. The molecule has 0 aromatic carbocycles. The molecule has 1 saturated carbocycles. The highest BCUT2D eigenvalue weighted by molar-refractivity contribution is 6.73. The molecule has 0 saturated heterocycles. The predicted molar refractivity (Wildman–Crippen MR) is 75.4 cm³/mol. The summed E-state index contributed by atoms with van der Waals surface area (Å²) in [5, 5.41) is 0.301. The van der Waals surface area contributed by atoms with Crippen LogP contribution in [0.25, 0.3) is 0 Å². The molecule has 1 aliphatic carbocycles. The van der Waals surface area contributed by atoms with Gasteiger partial charge in [0.1, 0.15) is 0 Å². The van der Waals surface area contributed by atoms with Crippen molar-refractivity contribution < 1.29 is 8.85 Å². The lowest BCUT2D eigenvalue weighted by Crippen LogP contribution is -2.53. The molecule has 1 aliphatic rings. The van der Waals surface area contributed by atoms with Crippen LogP contribution in [0.3, 0.4) is 0 Å². The summed E-state index contributed by atoms with van der Waals surface area (Å²) >= 11 is 0. The Morgan fingerprint density at radius 1 is 1.00 bits per heavy atom. The molecule has 102 valence electrons. The van der Waals surface area contributed by atoms with Crippen LogP contribution in [-0.4, -0.2) is 20.8 Å². The largest absolute Gasteiger partial charge is 0.391 e. The molecule has 1 rings (SSSR count). The molecule has 2 nitrogen and oxygen atoms in total. The van der Waals surface area contributed by atoms with Gasteiger partial charge >= 0.3 is 8.56 Å². The Bertz CT molecular complexity index is 253. The molecular formula is C14H30O2Si. The van der Waals surface area contributed by atoms with E-state index in [2.05, 4.69) is 55.4 Å². The lowest BCUT2D eigenvalue weighted by atomic mass is 10.4. The summed E-state index contributed by atoms with van der Waals surface area (Å²) in [6.07, 6.45) is 1.77. The van der Waals surface area contributed by atoms with E-state index in [4.69, 9.17) is 8.85 Å². The summed E-state index contributed by atoms with van der Waals surface area (Å²) in [4.78, 5) is 0. The first kappa shape index (κ1) is 15.2. The van der Waals surface area contributed by atoms with Gasteiger partial charge < -0.3 is 8.85 Å². The van der Waals surface area contributed by atoms with Crippen LogP contribution >= 0.6 is 0 Å². The smallest absolute Gasteiger partial charge is 0.347 e. The van der Waals surface area contributed by atoms with Gasteiger partial charge in [-0.3, -0.25) is 0 Å². The van der Waals surface area contributed by atoms with Crippen molar-refractivity contribution in [3.05, 3.63) is 0 Å². The molecule has 0 aromatic rings. The van der Waals surface area contributed by atoms with Gasteiger partial charge in [-0.25, -0.2) is 0 Å². The van der Waals surface area contributed by atoms with E-state index in [9.17, 15) is 0 Å². The Hall–Kier alpha value is 0.137. The highest BCUT2D eigenvalue weighted by atomic mass is 28.4. The molecule has 2 atom stereocenters. The fraction of sp³-hybridized carbons (Fsp3) is 1.00. The number of rotatable bonds is 6. The zero-order valence-corrected chi connectivity index (χ0v) is 13.8. The van der Waals surface area contributed by atoms with Crippen molar-refractivity contribution in [3.63, 3.8) is 0 Å². The summed E-state index contributed by atoms with van der Waals surface area (Å²) in [5.74, 6) is 0.745. The summed E-state index contributed by atoms with van der Waals surface area (Å²) in [6, 6.07) is 0. The van der Waals surface area contributed by atoms with Crippen LogP contribution in [0.4, 0.5) is 0 Å². The molecule has 0 heterocycles. The van der Waals surface area contributed by atoms with E-state index >= 15 is 0 Å². The number of hydrogen-bond acceptors (Lipinski definition) is 2. The van der Waals surface area contributed by atoms with Crippen LogP contribution in [0.5, 0.6) is 0 Å². The molecule has 0 amide bonds. The van der Waals surface area contributed by atoms with E-state index < -0.39 is 8.56 Å². The van der Waals surface area contributed by atoms with Gasteiger partial charge in [0, 0.05) is 17.2 Å². The third kappa shape index (κ3) is 2.77. The zero-order chi connectivity index (χ0) is 13.4. The van der Waals surface area contributed by atoms with Gasteiger partial charge in [0.2, 0.25) is 0 Å². The van der Waals surface area contributed by atoms with Crippen LogP contribution < -0.4 is 0 Å². The van der Waals surface area contributed by atoms with Crippen molar-refractivity contribution in [2.24, 2.45) is 5.92 Å². The van der Waals surface area contributed by atoms with Crippen LogP contribution in [0.1, 0.15) is 61.8 Å². The average Bonchev–Trinajstić information content (AvgIpc) is 2.72. The second-order valence-electron chi connectivity index (χ2n) is 6.68. The third-order valence-electron chi connectivity index (χ3n) is 4.04. The monoisotopic (exact) mass is 258 g/mol. The Morgan fingerprint density at radius 2 is 1.35 bits per heavy atom. The molecule has 0 N–H and O–H groups in total. The van der Waals surface area contributed by atoms with E-state index in [1.54, 1.807) is 0 Å². The minimum atomic E-state index is -2.15. The maximum Gasteiger partial charge on any atom is 0.347 e. The lowest BCUT2D eigenvalue weighted by molar-refractivity contribution is 0.0878. The van der Waals surface area contributed by atoms with Crippen molar-refractivity contribution in [1.82, 2.24) is 0 Å². The molecule has 0 bridgehead atoms. The summed E-state index contributed by atoms with van der Waals surface area (Å²) in [5.41, 5.74) is 0.502. The molecule has 2 unspecified atom stereocenters. The molecule has 1 fully saturated rings. The minimum absolute atomic E-state index is 0.257. The fourth-order valence-corrected chi connectivity index (χ4v) is 8.13. The predicted octanol–water partition coefficient (Wildman–Crippen LogP) is 4.49. The van der Waals surface area contributed by atoms with E-state index in [1.165, 1.54) is 6.42 Å². The van der Waals surface area contributed by atoms with Crippen molar-refractivity contribution in [2.75, 3.05) is 0 Å². The second kappa shape index (κ2) is 5.02. The Kier molecular flexibility index (Phi) is 4.49. The van der Waals surface area contributed by atoms with E-state index in [1.807, 2.05) is 0 Å². The normalized spacial score (nSPS) is 29.5. The first-order chi connectivity index (χ1) is 7.65. The molecule has 17 heavy (non-hydrogen) atoms. The van der Waals surface area contributed by atoms with Crippen molar-refractivity contribution in [3.8, 4) is 0 Å². The van der Waals surface area contributed by atoms with E-state index in [0.29, 0.717) is 10.6 Å². The Labute approximate surface area is 108 Å². The van der Waals surface area contributed by atoms with Crippen LogP contribution in [0, 0.1) is 5.92 Å². The summed E-state index contributed by atoms with van der Waals surface area (Å²) in [7, 11) is -2.15. The van der Waals surface area contributed by atoms with Gasteiger partial charge in [-0.05, 0) is 45.6 Å². The SMILES string of the molecule is CC(C)O[Si](OC(C)C)(C(C)C)C1(C)CC1C. The summed E-state index contributed by atoms with van der Waals surface area (Å²) in [6.45, 7) is 17.8. The molecule has 0 radical (unpaired) electrons. The van der Waals surface area contributed by atoms with Gasteiger partial charge in [0.05, 0.1) is 0 Å². The maximum atomic E-state index is 6.42. The minimum Gasteiger partial charge on any atom is -0.391 e. The van der Waals surface area contributed by atoms with E-state index in [-0.39, 0.29) is 12.2 Å². The first-order valence-electron chi connectivity index (χ1n) is 7.01. The molecule has 0 spiro atoms. The topological polar surface area (TPSA) is 18.5 Å². The Balaban J connectivity index is 3.03. The highest BCUT2D eigenvalue weighted by Gasteiger charge is 2.68. The van der Waals surface area contributed by atoms with Crippen molar-refractivity contribution in [1.29, 1.82) is 0 Å². The quantitative estimate of drug-likeness (QED) is 0.654. The van der Waals surface area contributed by atoms with Crippen molar-refractivity contribution >= 4 is 8.56 Å². The maximum absolute atomic E-state index is 6.42. The molecular weight excluding hydrogens is 228 g/mol.